The molecule has 2 fully saturated rings. The number of amides is 1. The molecule has 0 spiro atoms. The quantitative estimate of drug-likeness (QED) is 0.228. The van der Waals surface area contributed by atoms with Gasteiger partial charge in [-0.3, -0.25) is 24.4 Å². The number of carbonyl (C=O) groups is 2. The lowest BCUT2D eigenvalue weighted by molar-refractivity contribution is -0.152. The van der Waals surface area contributed by atoms with Crippen LogP contribution in [-0.2, 0) is 27.9 Å². The van der Waals surface area contributed by atoms with Crippen LogP contribution in [0, 0.1) is 5.92 Å². The van der Waals surface area contributed by atoms with E-state index < -0.39 is 0 Å². The van der Waals surface area contributed by atoms with Gasteiger partial charge in [-0.15, -0.1) is 0 Å². The van der Waals surface area contributed by atoms with E-state index in [1.54, 1.807) is 35.8 Å². The predicted molar refractivity (Wildman–Crippen MR) is 162 cm³/mol. The maximum atomic E-state index is 13.8. The van der Waals surface area contributed by atoms with Crippen LogP contribution in [0.1, 0.15) is 69.9 Å². The van der Waals surface area contributed by atoms with E-state index in [9.17, 15) is 9.59 Å². The Morgan fingerprint density at radius 1 is 0.907 bits per heavy atom. The number of hydrogen-bond donors (Lipinski definition) is 0. The molecule has 3 aromatic heterocycles. The molecular formula is C33H38N6O4. The van der Waals surface area contributed by atoms with Crippen LogP contribution in [-0.4, -0.2) is 49.3 Å². The first-order chi connectivity index (χ1) is 21.0. The third kappa shape index (κ3) is 7.01. The Labute approximate surface area is 251 Å². The van der Waals surface area contributed by atoms with Crippen molar-refractivity contribution in [1.82, 2.24) is 24.7 Å². The molecule has 0 aliphatic heterocycles. The van der Waals surface area contributed by atoms with E-state index in [0.29, 0.717) is 17.1 Å². The topological polar surface area (TPSA) is 112 Å². The van der Waals surface area contributed by atoms with Crippen LogP contribution in [0.15, 0.2) is 55.2 Å². The summed E-state index contributed by atoms with van der Waals surface area (Å²) in [7, 11) is 1.92. The highest BCUT2D eigenvalue weighted by molar-refractivity contribution is 5.95. The van der Waals surface area contributed by atoms with Crippen molar-refractivity contribution in [2.45, 2.75) is 76.9 Å². The maximum Gasteiger partial charge on any atom is 0.344 e. The Kier molecular flexibility index (Phi) is 8.91. The van der Waals surface area contributed by atoms with Gasteiger partial charge in [0.05, 0.1) is 60.1 Å². The van der Waals surface area contributed by atoms with E-state index in [0.717, 1.165) is 79.9 Å². The second kappa shape index (κ2) is 13.3. The average Bonchev–Trinajstić information content (AvgIpc) is 3.43. The number of aromatic nitrogens is 5. The van der Waals surface area contributed by atoms with Gasteiger partial charge in [0.1, 0.15) is 11.9 Å². The van der Waals surface area contributed by atoms with E-state index in [1.165, 1.54) is 6.42 Å². The molecular weight excluding hydrogens is 544 g/mol. The molecule has 43 heavy (non-hydrogen) atoms. The lowest BCUT2D eigenvalue weighted by atomic mass is 9.88. The summed E-state index contributed by atoms with van der Waals surface area (Å²) in [6.45, 7) is 0.0507. The average molecular weight is 583 g/mol. The van der Waals surface area contributed by atoms with Crippen molar-refractivity contribution in [2.24, 2.45) is 13.0 Å². The van der Waals surface area contributed by atoms with Gasteiger partial charge in [0.25, 0.3) is 0 Å². The van der Waals surface area contributed by atoms with Gasteiger partial charge in [0, 0.05) is 30.0 Å². The highest BCUT2D eigenvalue weighted by atomic mass is 16.6. The summed E-state index contributed by atoms with van der Waals surface area (Å²) in [5.74, 6) is 0.0164. The number of benzene rings is 1. The van der Waals surface area contributed by atoms with Crippen LogP contribution in [0.2, 0.25) is 0 Å². The van der Waals surface area contributed by atoms with Crippen molar-refractivity contribution in [2.75, 3.05) is 11.5 Å². The SMILES string of the molecule is Cn1ncc2cc(-c3cnc(CN(C(=O)C4CCCCC4)c4cncc(OCC(=O)OC5CCCCC5)c4)cn3)ccc21. The van der Waals surface area contributed by atoms with E-state index in [2.05, 4.69) is 20.1 Å². The number of ether oxygens (including phenoxy) is 2. The first-order valence-corrected chi connectivity index (χ1v) is 15.4. The number of fused-ring (bicyclic) bond motifs is 1. The number of hydrogen-bond acceptors (Lipinski definition) is 8. The van der Waals surface area contributed by atoms with Crippen molar-refractivity contribution in [1.29, 1.82) is 0 Å². The minimum Gasteiger partial charge on any atom is -0.480 e. The molecule has 2 saturated carbocycles. The summed E-state index contributed by atoms with van der Waals surface area (Å²) in [4.78, 5) is 41.7. The molecule has 0 N–H and O–H groups in total. The number of carbonyl (C=O) groups excluding carboxylic acids is 2. The van der Waals surface area contributed by atoms with Crippen molar-refractivity contribution in [3.63, 3.8) is 0 Å². The fraction of sp³-hybridized carbons (Fsp3) is 0.455. The predicted octanol–water partition coefficient (Wildman–Crippen LogP) is 5.79. The number of pyridine rings is 1. The van der Waals surface area contributed by atoms with Gasteiger partial charge in [-0.1, -0.05) is 31.7 Å². The van der Waals surface area contributed by atoms with Crippen LogP contribution in [0.25, 0.3) is 22.2 Å². The van der Waals surface area contributed by atoms with E-state index in [1.807, 2.05) is 36.1 Å². The molecule has 10 nitrogen and oxygen atoms in total. The molecule has 1 amide bonds. The first-order valence-electron chi connectivity index (χ1n) is 15.4. The molecule has 2 aliphatic rings. The molecule has 6 rings (SSSR count). The summed E-state index contributed by atoms with van der Waals surface area (Å²) in [6, 6.07) is 7.84. The molecule has 10 heteroatoms. The second-order valence-electron chi connectivity index (χ2n) is 11.6. The zero-order valence-electron chi connectivity index (χ0n) is 24.7. The van der Waals surface area contributed by atoms with E-state index in [-0.39, 0.29) is 37.0 Å². The third-order valence-corrected chi connectivity index (χ3v) is 8.51. The van der Waals surface area contributed by atoms with Gasteiger partial charge in [0.2, 0.25) is 5.91 Å². The van der Waals surface area contributed by atoms with Crippen LogP contribution in [0.3, 0.4) is 0 Å². The Morgan fingerprint density at radius 3 is 2.47 bits per heavy atom. The summed E-state index contributed by atoms with van der Waals surface area (Å²) in [5.41, 5.74) is 4.01. The summed E-state index contributed by atoms with van der Waals surface area (Å²) >= 11 is 0. The number of aryl methyl sites for hydroxylation is 1. The molecule has 1 aromatic carbocycles. The molecule has 2 aliphatic carbocycles. The molecule has 3 heterocycles. The standard InChI is InChI=1S/C33H38N6O4/c1-38-31-13-12-24(14-25(31)16-37-38)30-20-35-26(17-36-30)21-39(33(41)23-8-4-2-5-9-23)27-15-29(19-34-18-27)42-22-32(40)43-28-10-6-3-7-11-28/h12-20,23,28H,2-11,21-22H2,1H3. The minimum atomic E-state index is -0.384. The monoisotopic (exact) mass is 582 g/mol. The van der Waals surface area contributed by atoms with Gasteiger partial charge in [-0.2, -0.15) is 5.10 Å². The second-order valence-corrected chi connectivity index (χ2v) is 11.6. The Hall–Kier alpha value is -4.34. The Bertz CT molecular complexity index is 1560. The molecule has 4 aromatic rings. The van der Waals surface area contributed by atoms with Crippen molar-refractivity contribution >= 4 is 28.5 Å². The smallest absolute Gasteiger partial charge is 0.344 e. The zero-order chi connectivity index (χ0) is 29.6. The lowest BCUT2D eigenvalue weighted by Gasteiger charge is -2.29. The normalized spacial score (nSPS) is 16.2. The van der Waals surface area contributed by atoms with Gasteiger partial charge in [-0.05, 0) is 50.7 Å². The summed E-state index contributed by atoms with van der Waals surface area (Å²) < 4.78 is 13.2. The Balaban J connectivity index is 1.18. The van der Waals surface area contributed by atoms with Gasteiger partial charge in [0.15, 0.2) is 6.61 Å². The van der Waals surface area contributed by atoms with Gasteiger partial charge < -0.3 is 14.4 Å². The van der Waals surface area contributed by atoms with Gasteiger partial charge >= 0.3 is 5.97 Å². The van der Waals surface area contributed by atoms with Crippen molar-refractivity contribution in [3.05, 3.63) is 60.9 Å². The van der Waals surface area contributed by atoms with Crippen LogP contribution in [0.4, 0.5) is 5.69 Å². The Morgan fingerprint density at radius 2 is 1.70 bits per heavy atom. The molecule has 0 bridgehead atoms. The highest BCUT2D eigenvalue weighted by Gasteiger charge is 2.28. The lowest BCUT2D eigenvalue weighted by Crippen LogP contribution is -2.37. The van der Waals surface area contributed by atoms with Crippen LogP contribution < -0.4 is 9.64 Å². The summed E-state index contributed by atoms with van der Waals surface area (Å²) in [6.07, 6.45) is 18.6. The van der Waals surface area contributed by atoms with E-state index >= 15 is 0 Å². The highest BCUT2D eigenvalue weighted by Crippen LogP contribution is 2.30. The molecule has 0 unspecified atom stereocenters. The molecule has 0 atom stereocenters. The minimum absolute atomic E-state index is 0.0244. The first kappa shape index (κ1) is 28.8. The zero-order valence-corrected chi connectivity index (χ0v) is 24.7. The maximum absolute atomic E-state index is 13.8. The molecule has 0 saturated heterocycles. The number of esters is 1. The van der Waals surface area contributed by atoms with Crippen molar-refractivity contribution < 1.29 is 19.1 Å². The van der Waals surface area contributed by atoms with Crippen molar-refractivity contribution in [3.8, 4) is 17.0 Å². The van der Waals surface area contributed by atoms with E-state index in [4.69, 9.17) is 9.47 Å². The number of anilines is 1. The third-order valence-electron chi connectivity index (χ3n) is 8.51. The fourth-order valence-corrected chi connectivity index (χ4v) is 6.12. The number of rotatable bonds is 9. The summed E-state index contributed by atoms with van der Waals surface area (Å²) in [5, 5.41) is 5.35. The molecule has 224 valence electrons. The fourth-order valence-electron chi connectivity index (χ4n) is 6.12. The van der Waals surface area contributed by atoms with Crippen LogP contribution >= 0.6 is 0 Å². The molecule has 0 radical (unpaired) electrons. The largest absolute Gasteiger partial charge is 0.480 e. The van der Waals surface area contributed by atoms with Crippen LogP contribution in [0.5, 0.6) is 5.75 Å². The van der Waals surface area contributed by atoms with Gasteiger partial charge in [-0.25, -0.2) is 4.79 Å². The number of nitrogens with zero attached hydrogens (tertiary/aromatic N) is 6.